The second-order valence-corrected chi connectivity index (χ2v) is 4.70. The lowest BCUT2D eigenvalue weighted by Gasteiger charge is -2.26. The number of halogens is 1. The average Bonchev–Trinajstić information content (AvgIpc) is 2.28. The van der Waals surface area contributed by atoms with Gasteiger partial charge in [-0.05, 0) is 38.1 Å². The molecule has 0 saturated carbocycles. The van der Waals surface area contributed by atoms with E-state index in [2.05, 4.69) is 18.7 Å². The second kappa shape index (κ2) is 6.24. The van der Waals surface area contributed by atoms with Gasteiger partial charge in [0, 0.05) is 17.6 Å². The van der Waals surface area contributed by atoms with Crippen molar-refractivity contribution in [1.29, 1.82) is 0 Å². The van der Waals surface area contributed by atoms with Crippen LogP contribution in [-0.4, -0.2) is 29.6 Å². The van der Waals surface area contributed by atoms with E-state index >= 15 is 0 Å². The van der Waals surface area contributed by atoms with E-state index in [0.29, 0.717) is 17.6 Å². The van der Waals surface area contributed by atoms with Crippen molar-refractivity contribution in [2.45, 2.75) is 32.4 Å². The maximum Gasteiger partial charge on any atom is 0.0916 e. The molecular formula is C13H20ClNO. The first-order chi connectivity index (χ1) is 7.54. The normalized spacial score (nSPS) is 15.1. The Hall–Kier alpha value is -0.570. The number of nitrogens with zero attached hydrogens (tertiary/aromatic N) is 1. The topological polar surface area (TPSA) is 23.5 Å². The highest BCUT2D eigenvalue weighted by Crippen LogP contribution is 2.18. The number of hydrogen-bond acceptors (Lipinski definition) is 2. The van der Waals surface area contributed by atoms with Gasteiger partial charge in [-0.25, -0.2) is 0 Å². The summed E-state index contributed by atoms with van der Waals surface area (Å²) in [5, 5.41) is 10.7. The van der Waals surface area contributed by atoms with Crippen LogP contribution in [0.2, 0.25) is 5.02 Å². The predicted octanol–water partition coefficient (Wildman–Crippen LogP) is 3.10. The van der Waals surface area contributed by atoms with Gasteiger partial charge in [0.1, 0.15) is 0 Å². The summed E-state index contributed by atoms with van der Waals surface area (Å²) in [5.74, 6) is 0. The summed E-state index contributed by atoms with van der Waals surface area (Å²) in [6, 6.07) is 7.85. The molecule has 0 heterocycles. The van der Waals surface area contributed by atoms with E-state index in [-0.39, 0.29) is 0 Å². The SMILES string of the molecule is CCC(C)N(C)CC(O)c1ccc(Cl)cc1. The number of likely N-dealkylation sites (N-methyl/N-ethyl adjacent to an activating group) is 1. The third-order valence-electron chi connectivity index (χ3n) is 3.06. The van der Waals surface area contributed by atoms with Gasteiger partial charge < -0.3 is 10.0 Å². The number of rotatable bonds is 5. The Labute approximate surface area is 103 Å². The highest BCUT2D eigenvalue weighted by atomic mass is 35.5. The summed E-state index contributed by atoms with van der Waals surface area (Å²) < 4.78 is 0. The summed E-state index contributed by atoms with van der Waals surface area (Å²) in [5.41, 5.74) is 0.916. The Balaban J connectivity index is 2.58. The van der Waals surface area contributed by atoms with Crippen molar-refractivity contribution >= 4 is 11.6 Å². The van der Waals surface area contributed by atoms with E-state index in [0.717, 1.165) is 12.0 Å². The van der Waals surface area contributed by atoms with Gasteiger partial charge in [0.05, 0.1) is 6.10 Å². The molecule has 1 aromatic rings. The maximum absolute atomic E-state index is 10.0. The minimum absolute atomic E-state index is 0.448. The second-order valence-electron chi connectivity index (χ2n) is 4.26. The summed E-state index contributed by atoms with van der Waals surface area (Å²) in [6.45, 7) is 4.96. The van der Waals surface area contributed by atoms with Crippen LogP contribution in [0.15, 0.2) is 24.3 Å². The van der Waals surface area contributed by atoms with Gasteiger partial charge in [0.15, 0.2) is 0 Å². The van der Waals surface area contributed by atoms with E-state index in [1.807, 2.05) is 31.3 Å². The van der Waals surface area contributed by atoms with Crippen molar-refractivity contribution in [3.8, 4) is 0 Å². The van der Waals surface area contributed by atoms with Crippen molar-refractivity contribution in [2.24, 2.45) is 0 Å². The lowest BCUT2D eigenvalue weighted by atomic mass is 10.1. The van der Waals surface area contributed by atoms with Crippen molar-refractivity contribution in [3.05, 3.63) is 34.9 Å². The largest absolute Gasteiger partial charge is 0.387 e. The Bertz CT molecular complexity index is 312. The van der Waals surface area contributed by atoms with E-state index in [9.17, 15) is 5.11 Å². The molecule has 3 heteroatoms. The first-order valence-electron chi connectivity index (χ1n) is 5.68. The van der Waals surface area contributed by atoms with Gasteiger partial charge in [-0.3, -0.25) is 0 Å². The number of aliphatic hydroxyl groups excluding tert-OH is 1. The van der Waals surface area contributed by atoms with Crippen molar-refractivity contribution in [3.63, 3.8) is 0 Å². The first kappa shape index (κ1) is 13.5. The fraction of sp³-hybridized carbons (Fsp3) is 0.538. The average molecular weight is 242 g/mol. The minimum atomic E-state index is -0.448. The summed E-state index contributed by atoms with van der Waals surface area (Å²) in [7, 11) is 2.04. The zero-order valence-electron chi connectivity index (χ0n) is 10.2. The molecule has 0 aromatic heterocycles. The fourth-order valence-electron chi connectivity index (χ4n) is 1.55. The van der Waals surface area contributed by atoms with Gasteiger partial charge >= 0.3 is 0 Å². The molecule has 0 bridgehead atoms. The van der Waals surface area contributed by atoms with Crippen LogP contribution < -0.4 is 0 Å². The quantitative estimate of drug-likeness (QED) is 0.856. The number of benzene rings is 1. The summed E-state index contributed by atoms with van der Waals surface area (Å²) in [4.78, 5) is 2.17. The Kier molecular flexibility index (Phi) is 5.26. The zero-order chi connectivity index (χ0) is 12.1. The Morgan fingerprint density at radius 3 is 2.38 bits per heavy atom. The van der Waals surface area contributed by atoms with Crippen LogP contribution >= 0.6 is 11.6 Å². The summed E-state index contributed by atoms with van der Waals surface area (Å²) in [6.07, 6.45) is 0.639. The van der Waals surface area contributed by atoms with Gasteiger partial charge in [-0.2, -0.15) is 0 Å². The first-order valence-corrected chi connectivity index (χ1v) is 6.06. The predicted molar refractivity (Wildman–Crippen MR) is 68.8 cm³/mol. The molecular weight excluding hydrogens is 222 g/mol. The molecule has 2 unspecified atom stereocenters. The number of hydrogen-bond donors (Lipinski definition) is 1. The van der Waals surface area contributed by atoms with Gasteiger partial charge in [-0.1, -0.05) is 30.7 Å². The molecule has 90 valence electrons. The van der Waals surface area contributed by atoms with Crippen LogP contribution in [0.1, 0.15) is 31.9 Å². The Morgan fingerprint density at radius 2 is 1.88 bits per heavy atom. The van der Waals surface area contributed by atoms with Crippen LogP contribution in [0.25, 0.3) is 0 Å². The molecule has 0 spiro atoms. The van der Waals surface area contributed by atoms with E-state index < -0.39 is 6.10 Å². The molecule has 1 rings (SSSR count). The van der Waals surface area contributed by atoms with Gasteiger partial charge in [0.2, 0.25) is 0 Å². The van der Waals surface area contributed by atoms with Crippen molar-refractivity contribution < 1.29 is 5.11 Å². The van der Waals surface area contributed by atoms with Crippen molar-refractivity contribution in [1.82, 2.24) is 4.90 Å². The summed E-state index contributed by atoms with van der Waals surface area (Å²) >= 11 is 5.80. The molecule has 2 atom stereocenters. The molecule has 0 aliphatic carbocycles. The van der Waals surface area contributed by atoms with Gasteiger partial charge in [0.25, 0.3) is 0 Å². The zero-order valence-corrected chi connectivity index (χ0v) is 10.9. The third-order valence-corrected chi connectivity index (χ3v) is 3.31. The molecule has 0 saturated heterocycles. The third kappa shape index (κ3) is 3.78. The van der Waals surface area contributed by atoms with E-state index in [4.69, 9.17) is 11.6 Å². The lowest BCUT2D eigenvalue weighted by Crippen LogP contribution is -2.32. The lowest BCUT2D eigenvalue weighted by molar-refractivity contribution is 0.107. The van der Waals surface area contributed by atoms with Crippen LogP contribution in [0.5, 0.6) is 0 Å². The van der Waals surface area contributed by atoms with Crippen LogP contribution in [0.4, 0.5) is 0 Å². The van der Waals surface area contributed by atoms with Crippen LogP contribution in [-0.2, 0) is 0 Å². The maximum atomic E-state index is 10.0. The highest BCUT2D eigenvalue weighted by molar-refractivity contribution is 6.30. The molecule has 1 N–H and O–H groups in total. The molecule has 1 aromatic carbocycles. The monoisotopic (exact) mass is 241 g/mol. The minimum Gasteiger partial charge on any atom is -0.387 e. The van der Waals surface area contributed by atoms with E-state index in [1.165, 1.54) is 0 Å². The molecule has 0 aliphatic rings. The molecule has 16 heavy (non-hydrogen) atoms. The highest BCUT2D eigenvalue weighted by Gasteiger charge is 2.13. The van der Waals surface area contributed by atoms with Crippen molar-refractivity contribution in [2.75, 3.05) is 13.6 Å². The smallest absolute Gasteiger partial charge is 0.0916 e. The molecule has 0 aliphatic heterocycles. The fourth-order valence-corrected chi connectivity index (χ4v) is 1.68. The molecule has 0 fully saturated rings. The van der Waals surface area contributed by atoms with Crippen LogP contribution in [0.3, 0.4) is 0 Å². The Morgan fingerprint density at radius 1 is 1.31 bits per heavy atom. The van der Waals surface area contributed by atoms with Crippen LogP contribution in [0, 0.1) is 0 Å². The van der Waals surface area contributed by atoms with E-state index in [1.54, 1.807) is 0 Å². The number of aliphatic hydroxyl groups is 1. The van der Waals surface area contributed by atoms with Gasteiger partial charge in [-0.15, -0.1) is 0 Å². The molecule has 0 amide bonds. The molecule has 0 radical (unpaired) electrons. The standard InChI is InChI=1S/C13H20ClNO/c1-4-10(2)15(3)9-13(16)11-5-7-12(14)8-6-11/h5-8,10,13,16H,4,9H2,1-3H3. The molecule has 2 nitrogen and oxygen atoms in total.